The maximum Gasteiger partial charge on any atom is 0.434 e. The first kappa shape index (κ1) is 20.5. The number of sulfonamides is 1. The Balaban J connectivity index is 2.29. The summed E-state index contributed by atoms with van der Waals surface area (Å²) in [4.78, 5) is 19.6. The Morgan fingerprint density at radius 3 is 2.24 bits per heavy atom. The summed E-state index contributed by atoms with van der Waals surface area (Å²) in [5.41, 5.74) is -0.897. The third-order valence-corrected chi connectivity index (χ3v) is 5.59. The molecule has 0 radical (unpaired) electrons. The monoisotopic (exact) mass is 424 g/mol. The Labute approximate surface area is 164 Å². The van der Waals surface area contributed by atoms with E-state index in [0.29, 0.717) is 16.6 Å². The zero-order valence-electron chi connectivity index (χ0n) is 15.3. The molecule has 0 N–H and O–H groups in total. The summed E-state index contributed by atoms with van der Waals surface area (Å²) in [7, 11) is -4.51. The van der Waals surface area contributed by atoms with Crippen LogP contribution in [0.3, 0.4) is 0 Å². The van der Waals surface area contributed by atoms with Gasteiger partial charge in [-0.15, -0.1) is 4.41 Å². The van der Waals surface area contributed by atoms with Crippen LogP contribution in [0.25, 0.3) is 11.5 Å². The lowest BCUT2D eigenvalue weighted by Gasteiger charge is -2.23. The van der Waals surface area contributed by atoms with E-state index in [1.165, 1.54) is 36.4 Å². The number of nitrogens with zero attached hydrogens (tertiary/aromatic N) is 4. The van der Waals surface area contributed by atoms with Crippen LogP contribution >= 0.6 is 0 Å². The number of halogens is 3. The molecule has 0 unspecified atom stereocenters. The maximum atomic E-state index is 13.3. The fourth-order valence-electron chi connectivity index (χ4n) is 2.62. The van der Waals surface area contributed by atoms with E-state index < -0.39 is 33.6 Å². The topological polar surface area (TPSA) is 85.2 Å². The van der Waals surface area contributed by atoms with Gasteiger partial charge in [-0.25, -0.2) is 14.6 Å². The Morgan fingerprint density at radius 2 is 1.69 bits per heavy atom. The molecule has 0 atom stereocenters. The first-order valence-electron chi connectivity index (χ1n) is 8.23. The van der Waals surface area contributed by atoms with Gasteiger partial charge in [0.25, 0.3) is 15.9 Å². The lowest BCUT2D eigenvalue weighted by Crippen LogP contribution is -2.44. The van der Waals surface area contributed by atoms with E-state index in [2.05, 4.69) is 9.97 Å². The predicted octanol–water partition coefficient (Wildman–Crippen LogP) is 3.15. The quantitative estimate of drug-likeness (QED) is 0.642. The highest BCUT2D eigenvalue weighted by Gasteiger charge is 2.38. The summed E-state index contributed by atoms with van der Waals surface area (Å²) in [6.07, 6.45) is -4.40. The molecule has 0 fully saturated rings. The third-order valence-electron chi connectivity index (χ3n) is 3.83. The fraction of sp³-hybridized carbons (Fsp3) is 0.167. The zero-order chi connectivity index (χ0) is 21.4. The summed E-state index contributed by atoms with van der Waals surface area (Å²) in [5, 5.41) is 0. The zero-order valence-corrected chi connectivity index (χ0v) is 16.1. The van der Waals surface area contributed by atoms with Crippen LogP contribution in [0, 0.1) is 6.92 Å². The number of carbonyl (C=O) groups is 1. The van der Waals surface area contributed by atoms with E-state index in [-0.39, 0.29) is 15.0 Å². The van der Waals surface area contributed by atoms with Crippen molar-refractivity contribution in [1.82, 2.24) is 14.6 Å². The molecule has 0 aliphatic heterocycles. The number of rotatable bonds is 4. The summed E-state index contributed by atoms with van der Waals surface area (Å²) in [6, 6.07) is 11.4. The number of hydrogen-bond donors (Lipinski definition) is 0. The molecule has 11 heteroatoms. The fourth-order valence-corrected chi connectivity index (χ4v) is 4.01. The van der Waals surface area contributed by atoms with Gasteiger partial charge in [0.05, 0.1) is 11.1 Å². The first-order chi connectivity index (χ1) is 13.5. The normalized spacial score (nSPS) is 12.0. The second-order valence-electron chi connectivity index (χ2n) is 6.04. The van der Waals surface area contributed by atoms with Crippen LogP contribution in [0.15, 0.2) is 59.6 Å². The van der Waals surface area contributed by atoms with Crippen molar-refractivity contribution >= 4 is 15.9 Å². The van der Waals surface area contributed by atoms with Gasteiger partial charge >= 0.3 is 6.18 Å². The van der Waals surface area contributed by atoms with Crippen molar-refractivity contribution in [3.63, 3.8) is 0 Å². The molecular formula is C18H15F3N4O3S. The number of aryl methyl sites for hydroxylation is 1. The molecule has 0 spiro atoms. The molecule has 0 bridgehead atoms. The van der Waals surface area contributed by atoms with Crippen molar-refractivity contribution in [2.75, 3.05) is 4.41 Å². The Kier molecular flexibility index (Phi) is 5.18. The Morgan fingerprint density at radius 1 is 1.03 bits per heavy atom. The van der Waals surface area contributed by atoms with E-state index in [9.17, 15) is 26.4 Å². The summed E-state index contributed by atoms with van der Waals surface area (Å²) in [5.74, 6) is -1.45. The molecule has 2 heterocycles. The van der Waals surface area contributed by atoms with E-state index >= 15 is 0 Å². The highest BCUT2D eigenvalue weighted by Crippen LogP contribution is 2.31. The van der Waals surface area contributed by atoms with Gasteiger partial charge in [0, 0.05) is 12.6 Å². The van der Waals surface area contributed by atoms with Gasteiger partial charge in [0.2, 0.25) is 0 Å². The van der Waals surface area contributed by atoms with Gasteiger partial charge in [0.15, 0.2) is 11.5 Å². The molecular weight excluding hydrogens is 409 g/mol. The average molecular weight is 424 g/mol. The smallest absolute Gasteiger partial charge is 0.272 e. The van der Waals surface area contributed by atoms with Crippen LogP contribution in [-0.4, -0.2) is 29.0 Å². The number of hydrogen-bond acceptors (Lipinski definition) is 5. The molecule has 3 aromatic rings. The van der Waals surface area contributed by atoms with Crippen molar-refractivity contribution in [2.45, 2.75) is 24.9 Å². The van der Waals surface area contributed by atoms with Gasteiger partial charge in [0.1, 0.15) is 5.69 Å². The molecule has 0 aliphatic rings. The number of alkyl halides is 3. The van der Waals surface area contributed by atoms with Crippen molar-refractivity contribution in [3.05, 3.63) is 66.1 Å². The van der Waals surface area contributed by atoms with Gasteiger partial charge in [-0.1, -0.05) is 24.3 Å². The Hall–Kier alpha value is -3.21. The second kappa shape index (κ2) is 7.32. The predicted molar refractivity (Wildman–Crippen MR) is 97.7 cm³/mol. The summed E-state index contributed by atoms with van der Waals surface area (Å²) >= 11 is 0. The highest BCUT2D eigenvalue weighted by molar-refractivity contribution is 7.93. The van der Waals surface area contributed by atoms with Gasteiger partial charge in [-0.3, -0.25) is 4.79 Å². The van der Waals surface area contributed by atoms with Crippen molar-refractivity contribution in [3.8, 4) is 11.5 Å². The lowest BCUT2D eigenvalue weighted by atomic mass is 10.3. The molecule has 0 saturated heterocycles. The SMILES string of the molecule is CC(=O)N(n1cc(C(F)(F)F)nc1-c1cccc(C)n1)S(=O)(=O)c1ccccc1. The number of pyridine rings is 1. The van der Waals surface area contributed by atoms with Crippen LogP contribution in [0.5, 0.6) is 0 Å². The molecule has 0 aliphatic carbocycles. The average Bonchev–Trinajstić information content (AvgIpc) is 3.07. The minimum absolute atomic E-state index is 0.0185. The minimum atomic E-state index is -4.86. The van der Waals surface area contributed by atoms with E-state index in [1.807, 2.05) is 0 Å². The third kappa shape index (κ3) is 3.99. The molecule has 1 aromatic carbocycles. The maximum absolute atomic E-state index is 13.3. The van der Waals surface area contributed by atoms with Crippen molar-refractivity contribution < 1.29 is 26.4 Å². The number of benzene rings is 1. The van der Waals surface area contributed by atoms with Crippen molar-refractivity contribution in [1.29, 1.82) is 0 Å². The van der Waals surface area contributed by atoms with Gasteiger partial charge in [-0.2, -0.15) is 21.6 Å². The van der Waals surface area contributed by atoms with E-state index in [4.69, 9.17) is 0 Å². The molecule has 7 nitrogen and oxygen atoms in total. The number of carbonyl (C=O) groups excluding carboxylic acids is 1. The first-order valence-corrected chi connectivity index (χ1v) is 9.67. The van der Waals surface area contributed by atoms with Gasteiger partial charge < -0.3 is 0 Å². The van der Waals surface area contributed by atoms with E-state index in [1.54, 1.807) is 19.1 Å². The summed E-state index contributed by atoms with van der Waals surface area (Å²) < 4.78 is 66.8. The standard InChI is InChI=1S/C18H15F3N4O3S/c1-12-7-6-10-15(22-12)17-23-16(18(19,20)21)11-24(17)25(13(2)26)29(27,28)14-8-4-3-5-9-14/h3-11H,1-2H3. The largest absolute Gasteiger partial charge is 0.434 e. The molecule has 2 aromatic heterocycles. The number of aromatic nitrogens is 3. The molecule has 3 rings (SSSR count). The summed E-state index contributed by atoms with van der Waals surface area (Å²) in [6.45, 7) is 2.55. The van der Waals surface area contributed by atoms with E-state index in [0.717, 1.165) is 6.92 Å². The Bertz CT molecular complexity index is 1160. The number of amides is 1. The van der Waals surface area contributed by atoms with Crippen LogP contribution < -0.4 is 4.41 Å². The molecule has 152 valence electrons. The lowest BCUT2D eigenvalue weighted by molar-refractivity contribution is -0.141. The molecule has 0 saturated carbocycles. The molecule has 29 heavy (non-hydrogen) atoms. The molecule has 1 amide bonds. The van der Waals surface area contributed by atoms with Crippen LogP contribution in [-0.2, 0) is 21.0 Å². The number of imidazole rings is 1. The highest BCUT2D eigenvalue weighted by atomic mass is 32.2. The van der Waals surface area contributed by atoms with Crippen molar-refractivity contribution in [2.24, 2.45) is 0 Å². The van der Waals surface area contributed by atoms with Gasteiger partial charge in [-0.05, 0) is 31.2 Å². The van der Waals surface area contributed by atoms with Crippen LogP contribution in [0.1, 0.15) is 18.3 Å². The van der Waals surface area contributed by atoms with Crippen LogP contribution in [0.2, 0.25) is 0 Å². The van der Waals surface area contributed by atoms with Crippen LogP contribution in [0.4, 0.5) is 13.2 Å². The minimum Gasteiger partial charge on any atom is -0.272 e. The second-order valence-corrected chi connectivity index (χ2v) is 7.80.